The Labute approximate surface area is 178 Å². The second-order valence-corrected chi connectivity index (χ2v) is 7.17. The van der Waals surface area contributed by atoms with Crippen LogP contribution in [-0.4, -0.2) is 28.0 Å². The van der Waals surface area contributed by atoms with Gasteiger partial charge in [-0.15, -0.1) is 0 Å². The van der Waals surface area contributed by atoms with Gasteiger partial charge in [0.05, 0.1) is 5.39 Å². The van der Waals surface area contributed by atoms with Gasteiger partial charge in [0.2, 0.25) is 5.43 Å². The number of anilines is 1. The molecule has 0 aliphatic heterocycles. The summed E-state index contributed by atoms with van der Waals surface area (Å²) in [7, 11) is 0. The van der Waals surface area contributed by atoms with Crippen molar-refractivity contribution in [2.24, 2.45) is 0 Å². The number of carbonyl (C=O) groups is 2. The van der Waals surface area contributed by atoms with Gasteiger partial charge in [0.1, 0.15) is 11.2 Å². The molecular weight excluding hydrogens is 394 g/mol. The molecule has 0 saturated heterocycles. The lowest BCUT2D eigenvalue weighted by atomic mass is 10.1. The van der Waals surface area contributed by atoms with Crippen molar-refractivity contribution >= 4 is 39.4 Å². The van der Waals surface area contributed by atoms with Crippen LogP contribution in [0.3, 0.4) is 0 Å². The molecule has 4 aromatic rings. The molecule has 0 bridgehead atoms. The highest BCUT2D eigenvalue weighted by atomic mass is 16.5. The molecular formula is C24H21N3O4. The monoisotopic (exact) mass is 415 g/mol. The Hall–Kier alpha value is -4.00. The predicted octanol–water partition coefficient (Wildman–Crippen LogP) is 3.67. The maximum atomic E-state index is 12.8. The first-order valence-corrected chi connectivity index (χ1v) is 9.93. The molecule has 0 atom stereocenters. The van der Waals surface area contributed by atoms with E-state index in [0.29, 0.717) is 23.3 Å². The van der Waals surface area contributed by atoms with E-state index in [1.807, 2.05) is 50.2 Å². The summed E-state index contributed by atoms with van der Waals surface area (Å²) in [4.78, 5) is 42.0. The highest BCUT2D eigenvalue weighted by molar-refractivity contribution is 5.98. The Kier molecular flexibility index (Phi) is 5.49. The predicted molar refractivity (Wildman–Crippen MR) is 119 cm³/mol. The van der Waals surface area contributed by atoms with Gasteiger partial charge in [-0.3, -0.25) is 9.59 Å². The van der Waals surface area contributed by atoms with E-state index < -0.39 is 23.9 Å². The number of aromatic nitrogens is 2. The number of hydrogen-bond donors (Lipinski definition) is 1. The van der Waals surface area contributed by atoms with Gasteiger partial charge < -0.3 is 14.6 Å². The van der Waals surface area contributed by atoms with Crippen LogP contribution in [0.2, 0.25) is 0 Å². The minimum absolute atomic E-state index is 0.126. The first-order valence-electron chi connectivity index (χ1n) is 9.93. The lowest BCUT2D eigenvalue weighted by molar-refractivity contribution is -0.119. The van der Waals surface area contributed by atoms with Crippen molar-refractivity contribution in [1.82, 2.24) is 9.55 Å². The van der Waals surface area contributed by atoms with Gasteiger partial charge in [-0.25, -0.2) is 9.78 Å². The number of nitrogens with one attached hydrogen (secondary N) is 1. The zero-order valence-corrected chi connectivity index (χ0v) is 17.2. The van der Waals surface area contributed by atoms with Crippen LogP contribution in [0.25, 0.3) is 21.8 Å². The van der Waals surface area contributed by atoms with E-state index in [-0.39, 0.29) is 5.56 Å². The Bertz CT molecular complexity index is 1370. The highest BCUT2D eigenvalue weighted by Gasteiger charge is 2.18. The van der Waals surface area contributed by atoms with Crippen LogP contribution in [-0.2, 0) is 16.1 Å². The third-order valence-electron chi connectivity index (χ3n) is 4.99. The summed E-state index contributed by atoms with van der Waals surface area (Å²) in [5.41, 5.74) is 1.29. The molecule has 7 heteroatoms. The third kappa shape index (κ3) is 4.16. The van der Waals surface area contributed by atoms with Crippen LogP contribution in [0, 0.1) is 6.92 Å². The van der Waals surface area contributed by atoms with Crippen molar-refractivity contribution in [3.05, 3.63) is 82.3 Å². The van der Waals surface area contributed by atoms with Crippen molar-refractivity contribution in [2.75, 3.05) is 11.9 Å². The number of carbonyl (C=O) groups excluding carboxylic acids is 2. The quantitative estimate of drug-likeness (QED) is 0.502. The number of pyridine rings is 2. The first-order chi connectivity index (χ1) is 15.0. The molecule has 0 fully saturated rings. The maximum absolute atomic E-state index is 12.8. The van der Waals surface area contributed by atoms with Crippen molar-refractivity contribution in [3.8, 4) is 0 Å². The molecule has 0 saturated carbocycles. The SMILES string of the molecule is CCn1cc(C(=O)OCC(=O)Nc2ccc3ccccc3c2)c(=O)c2ccc(C)nc21. The first kappa shape index (κ1) is 20.3. The molecule has 156 valence electrons. The largest absolute Gasteiger partial charge is 0.452 e. The maximum Gasteiger partial charge on any atom is 0.344 e. The summed E-state index contributed by atoms with van der Waals surface area (Å²) in [5, 5.41) is 5.08. The average Bonchev–Trinajstić information content (AvgIpc) is 2.77. The van der Waals surface area contributed by atoms with Gasteiger partial charge in [-0.2, -0.15) is 0 Å². The van der Waals surface area contributed by atoms with E-state index >= 15 is 0 Å². The fourth-order valence-electron chi connectivity index (χ4n) is 3.42. The minimum atomic E-state index is -0.844. The standard InChI is InChI=1S/C24H21N3O4/c1-3-27-13-20(22(29)19-11-8-15(2)25-23(19)27)24(30)31-14-21(28)26-18-10-9-16-6-4-5-7-17(16)12-18/h4-13H,3,14H2,1-2H3,(H,26,28). The molecule has 31 heavy (non-hydrogen) atoms. The van der Waals surface area contributed by atoms with Gasteiger partial charge in [-0.1, -0.05) is 30.3 Å². The molecule has 1 amide bonds. The summed E-state index contributed by atoms with van der Waals surface area (Å²) in [6.45, 7) is 3.75. The number of benzene rings is 2. The fraction of sp³-hybridized carbons (Fsp3) is 0.167. The van der Waals surface area contributed by atoms with Crippen LogP contribution in [0.1, 0.15) is 23.0 Å². The van der Waals surface area contributed by atoms with E-state index in [1.165, 1.54) is 6.20 Å². The Morgan fingerprint density at radius 3 is 2.61 bits per heavy atom. The zero-order valence-electron chi connectivity index (χ0n) is 17.2. The zero-order chi connectivity index (χ0) is 22.0. The summed E-state index contributed by atoms with van der Waals surface area (Å²) in [6.07, 6.45) is 1.43. The van der Waals surface area contributed by atoms with E-state index in [2.05, 4.69) is 10.3 Å². The number of nitrogens with zero attached hydrogens (tertiary/aromatic N) is 2. The number of fused-ring (bicyclic) bond motifs is 2. The van der Waals surface area contributed by atoms with Crippen molar-refractivity contribution < 1.29 is 14.3 Å². The molecule has 1 N–H and O–H groups in total. The number of esters is 1. The Morgan fingerprint density at radius 1 is 1.06 bits per heavy atom. The molecule has 0 radical (unpaired) electrons. The van der Waals surface area contributed by atoms with Crippen LogP contribution < -0.4 is 10.7 Å². The van der Waals surface area contributed by atoms with Crippen molar-refractivity contribution in [2.45, 2.75) is 20.4 Å². The molecule has 7 nitrogen and oxygen atoms in total. The number of hydrogen-bond acceptors (Lipinski definition) is 5. The second kappa shape index (κ2) is 8.39. The summed E-state index contributed by atoms with van der Waals surface area (Å²) < 4.78 is 6.84. The molecule has 2 aromatic carbocycles. The van der Waals surface area contributed by atoms with Gasteiger partial charge in [-0.05, 0) is 48.9 Å². The Morgan fingerprint density at radius 2 is 1.84 bits per heavy atom. The molecule has 0 aliphatic carbocycles. The summed E-state index contributed by atoms with van der Waals surface area (Å²) >= 11 is 0. The van der Waals surface area contributed by atoms with Crippen LogP contribution >= 0.6 is 0 Å². The normalized spacial score (nSPS) is 10.9. The van der Waals surface area contributed by atoms with Crippen LogP contribution in [0.4, 0.5) is 5.69 Å². The topological polar surface area (TPSA) is 90.3 Å². The lowest BCUT2D eigenvalue weighted by Crippen LogP contribution is -2.25. The summed E-state index contributed by atoms with van der Waals surface area (Å²) in [6, 6.07) is 16.7. The number of aryl methyl sites for hydroxylation is 2. The van der Waals surface area contributed by atoms with Crippen LogP contribution in [0.5, 0.6) is 0 Å². The van der Waals surface area contributed by atoms with E-state index in [1.54, 1.807) is 22.8 Å². The molecule has 4 rings (SSSR count). The smallest absolute Gasteiger partial charge is 0.344 e. The van der Waals surface area contributed by atoms with Gasteiger partial charge in [0.15, 0.2) is 6.61 Å². The van der Waals surface area contributed by atoms with Crippen molar-refractivity contribution in [1.29, 1.82) is 0 Å². The van der Waals surface area contributed by atoms with Gasteiger partial charge in [0, 0.05) is 24.1 Å². The van der Waals surface area contributed by atoms with Gasteiger partial charge in [0.25, 0.3) is 5.91 Å². The van der Waals surface area contributed by atoms with Crippen molar-refractivity contribution in [3.63, 3.8) is 0 Å². The summed E-state index contributed by atoms with van der Waals surface area (Å²) in [5.74, 6) is -1.33. The van der Waals surface area contributed by atoms with E-state index in [4.69, 9.17) is 4.74 Å². The molecule has 2 heterocycles. The molecule has 0 unspecified atom stereocenters. The molecule has 0 spiro atoms. The number of ether oxygens (including phenoxy) is 1. The fourth-order valence-corrected chi connectivity index (χ4v) is 3.42. The number of rotatable bonds is 5. The third-order valence-corrected chi connectivity index (χ3v) is 4.99. The Balaban J connectivity index is 1.49. The van der Waals surface area contributed by atoms with E-state index in [9.17, 15) is 14.4 Å². The van der Waals surface area contributed by atoms with E-state index in [0.717, 1.165) is 16.5 Å². The minimum Gasteiger partial charge on any atom is -0.452 e. The molecule has 2 aromatic heterocycles. The number of amides is 1. The van der Waals surface area contributed by atoms with Crippen LogP contribution in [0.15, 0.2) is 65.6 Å². The molecule has 0 aliphatic rings. The average molecular weight is 415 g/mol. The highest BCUT2D eigenvalue weighted by Crippen LogP contribution is 2.19. The second-order valence-electron chi connectivity index (χ2n) is 7.17. The van der Waals surface area contributed by atoms with Gasteiger partial charge >= 0.3 is 5.97 Å². The lowest BCUT2D eigenvalue weighted by Gasteiger charge is -2.11.